The van der Waals surface area contributed by atoms with Crippen LogP contribution in [0.3, 0.4) is 0 Å². The predicted molar refractivity (Wildman–Crippen MR) is 168 cm³/mol. The van der Waals surface area contributed by atoms with Crippen molar-refractivity contribution in [3.8, 4) is 17.2 Å². The molecule has 3 aromatic rings. The van der Waals surface area contributed by atoms with E-state index >= 15 is 0 Å². The van der Waals surface area contributed by atoms with E-state index in [2.05, 4.69) is 15.0 Å². The number of hydrogen-bond donors (Lipinski definition) is 6. The highest BCUT2D eigenvalue weighted by Gasteiger charge is 2.14. The summed E-state index contributed by atoms with van der Waals surface area (Å²) in [5.41, 5.74) is 0.152. The van der Waals surface area contributed by atoms with Crippen LogP contribution in [0.1, 0.15) is 16.7 Å². The summed E-state index contributed by atoms with van der Waals surface area (Å²) < 4.78 is 96.1. The Morgan fingerprint density at radius 3 is 1.00 bits per heavy atom. The van der Waals surface area contributed by atoms with Crippen molar-refractivity contribution >= 4 is 49.0 Å². The molecule has 16 nitrogen and oxygen atoms in total. The number of benzene rings is 3. The van der Waals surface area contributed by atoms with Crippen LogP contribution in [0.5, 0.6) is 17.2 Å². The van der Waals surface area contributed by atoms with Crippen molar-refractivity contribution in [1.82, 2.24) is 4.90 Å². The molecule has 3 aromatic carbocycles. The maximum Gasteiger partial charge on any atom is 0.294 e. The highest BCUT2D eigenvalue weighted by molar-refractivity contribution is 7.86. The first kappa shape index (κ1) is 36.2. The number of aromatic hydroxyl groups is 3. The van der Waals surface area contributed by atoms with Gasteiger partial charge in [0.2, 0.25) is 0 Å². The second-order valence-corrected chi connectivity index (χ2v) is 13.8. The van der Waals surface area contributed by atoms with Crippen molar-refractivity contribution in [2.75, 3.05) is 39.3 Å². The summed E-state index contributed by atoms with van der Waals surface area (Å²) in [7, 11) is -13.5. The zero-order chi connectivity index (χ0) is 34.1. The van der Waals surface area contributed by atoms with E-state index in [4.69, 9.17) is 0 Å². The van der Waals surface area contributed by atoms with Crippen LogP contribution in [0.2, 0.25) is 0 Å². The van der Waals surface area contributed by atoms with Gasteiger partial charge in [-0.2, -0.15) is 25.3 Å². The smallest absolute Gasteiger partial charge is 0.294 e. The quantitative estimate of drug-likeness (QED) is 0.0972. The average molecular weight is 699 g/mol. The van der Waals surface area contributed by atoms with Crippen LogP contribution in [0.15, 0.2) is 84.3 Å². The van der Waals surface area contributed by atoms with Crippen LogP contribution < -0.4 is 0 Å². The van der Waals surface area contributed by atoms with Gasteiger partial charge in [0.1, 0.15) is 17.2 Å². The summed E-state index contributed by atoms with van der Waals surface area (Å²) in [4.78, 5) is 13.2. The molecule has 3 rings (SSSR count). The van der Waals surface area contributed by atoms with Crippen LogP contribution in [-0.2, 0) is 30.4 Å². The Hall–Kier alpha value is -4.24. The van der Waals surface area contributed by atoms with Gasteiger partial charge in [-0.3, -0.25) is 33.5 Å². The Bertz CT molecular complexity index is 1750. The van der Waals surface area contributed by atoms with Crippen LogP contribution in [0.25, 0.3) is 0 Å². The van der Waals surface area contributed by atoms with Gasteiger partial charge >= 0.3 is 0 Å². The molecule has 6 N–H and O–H groups in total. The fraction of sp³-hybridized carbons (Fsp3) is 0.222. The largest absolute Gasteiger partial charge is 0.507 e. The van der Waals surface area contributed by atoms with Crippen LogP contribution >= 0.6 is 0 Å². The summed E-state index contributed by atoms with van der Waals surface area (Å²) in [5.74, 6) is -0.794. The zero-order valence-corrected chi connectivity index (χ0v) is 26.3. The topological polar surface area (TPSA) is 264 Å². The van der Waals surface area contributed by atoms with Crippen molar-refractivity contribution in [3.05, 3.63) is 71.3 Å². The lowest BCUT2D eigenvalue weighted by Crippen LogP contribution is -2.31. The average Bonchev–Trinajstić information content (AvgIpc) is 2.95. The van der Waals surface area contributed by atoms with Crippen LogP contribution in [0.4, 0.5) is 0 Å². The Morgan fingerprint density at radius 1 is 0.500 bits per heavy atom. The summed E-state index contributed by atoms with van der Waals surface area (Å²) in [5, 5.41) is 30.0. The lowest BCUT2D eigenvalue weighted by atomic mass is 10.2. The fourth-order valence-electron chi connectivity index (χ4n) is 3.81. The first-order valence-electron chi connectivity index (χ1n) is 13.1. The van der Waals surface area contributed by atoms with E-state index in [-0.39, 0.29) is 53.6 Å². The molecule has 248 valence electrons. The Labute approximate surface area is 265 Å². The van der Waals surface area contributed by atoms with E-state index in [1.165, 1.54) is 18.6 Å². The molecular weight excluding hydrogens is 669 g/mol. The van der Waals surface area contributed by atoms with Crippen molar-refractivity contribution in [1.29, 1.82) is 0 Å². The van der Waals surface area contributed by atoms with Gasteiger partial charge < -0.3 is 15.3 Å². The number of aliphatic imine (C=N–C) groups is 3. The van der Waals surface area contributed by atoms with Gasteiger partial charge in [0.25, 0.3) is 30.4 Å². The molecule has 0 saturated carbocycles. The van der Waals surface area contributed by atoms with Crippen molar-refractivity contribution in [2.24, 2.45) is 15.0 Å². The van der Waals surface area contributed by atoms with Crippen molar-refractivity contribution < 1.29 is 54.2 Å². The molecule has 46 heavy (non-hydrogen) atoms. The molecule has 19 heteroatoms. The lowest BCUT2D eigenvalue weighted by Gasteiger charge is -2.19. The minimum atomic E-state index is -4.50. The van der Waals surface area contributed by atoms with Crippen molar-refractivity contribution in [2.45, 2.75) is 14.7 Å². The van der Waals surface area contributed by atoms with Gasteiger partial charge in [-0.05, 0) is 54.6 Å². The molecule has 0 aliphatic carbocycles. The number of nitrogens with zero attached hydrogens (tertiary/aromatic N) is 4. The highest BCUT2D eigenvalue weighted by atomic mass is 32.2. The minimum absolute atomic E-state index is 0.0507. The summed E-state index contributed by atoms with van der Waals surface area (Å²) >= 11 is 0. The lowest BCUT2D eigenvalue weighted by molar-refractivity contribution is 0.298. The minimum Gasteiger partial charge on any atom is -0.507 e. The second kappa shape index (κ2) is 15.4. The number of phenolic OH excluding ortho intramolecular Hbond substituents is 3. The summed E-state index contributed by atoms with van der Waals surface area (Å²) in [6, 6.07) is 9.53. The molecule has 0 bridgehead atoms. The van der Waals surface area contributed by atoms with Gasteiger partial charge in [0.15, 0.2) is 0 Å². The van der Waals surface area contributed by atoms with E-state index in [0.717, 1.165) is 54.6 Å². The van der Waals surface area contributed by atoms with Crippen LogP contribution in [0, 0.1) is 0 Å². The van der Waals surface area contributed by atoms with Gasteiger partial charge in [0.05, 0.1) is 34.3 Å². The Balaban J connectivity index is 1.71. The first-order valence-corrected chi connectivity index (χ1v) is 17.4. The van der Waals surface area contributed by atoms with Gasteiger partial charge in [0, 0.05) is 55.0 Å². The van der Waals surface area contributed by atoms with Crippen molar-refractivity contribution in [3.63, 3.8) is 0 Å². The predicted octanol–water partition coefficient (Wildman–Crippen LogP) is 1.50. The standard InChI is InChI=1S/C27H30N4O12S3/c32-25-4-1-22(44(35,36)37)13-19(25)16-28-7-10-31(11-8-29-17-20-14-23(45(38,39)40)2-5-26(20)33)12-9-30-18-21-15-24(46(41,42)43)3-6-27(21)34/h1-6,13-18,32-34H,7-12H2,(H,35,36,37)(H,38,39,40)(H,41,42,43). The second-order valence-electron chi connectivity index (χ2n) is 9.53. The van der Waals surface area contributed by atoms with Gasteiger partial charge in [-0.25, -0.2) is 0 Å². The summed E-state index contributed by atoms with van der Waals surface area (Å²) in [6.45, 7) is 1.35. The fourth-order valence-corrected chi connectivity index (χ4v) is 5.36. The molecule has 0 amide bonds. The molecule has 0 aliphatic heterocycles. The molecular formula is C27H30N4O12S3. The molecule has 0 fully saturated rings. The first-order chi connectivity index (χ1) is 21.4. The molecule has 0 aromatic heterocycles. The van der Waals surface area contributed by atoms with E-state index < -0.39 is 45.0 Å². The monoisotopic (exact) mass is 698 g/mol. The SMILES string of the molecule is O=S(=O)(O)c1ccc(O)c(C=NCCN(CCN=Cc2cc(S(=O)(=O)O)ccc2O)CCN=Cc2cc(S(=O)(=O)O)ccc2O)c1. The maximum absolute atomic E-state index is 11.4. The normalized spacial score (nSPS) is 13.0. The molecule has 0 aliphatic rings. The Morgan fingerprint density at radius 2 is 0.761 bits per heavy atom. The molecule has 0 unspecified atom stereocenters. The van der Waals surface area contributed by atoms with Gasteiger partial charge in [-0.15, -0.1) is 0 Å². The molecule has 0 spiro atoms. The molecule has 0 heterocycles. The third-order valence-corrected chi connectivity index (χ3v) is 8.77. The third-order valence-electron chi connectivity index (χ3n) is 6.22. The number of phenols is 3. The maximum atomic E-state index is 11.4. The molecule has 0 atom stereocenters. The van der Waals surface area contributed by atoms with E-state index in [0.29, 0.717) is 19.6 Å². The van der Waals surface area contributed by atoms with E-state index in [1.54, 1.807) is 0 Å². The Kier molecular flexibility index (Phi) is 12.1. The number of hydrogen-bond acceptors (Lipinski definition) is 13. The van der Waals surface area contributed by atoms with Crippen LogP contribution in [-0.4, -0.2) is 117 Å². The molecule has 0 radical (unpaired) electrons. The summed E-state index contributed by atoms with van der Waals surface area (Å²) in [6.07, 6.45) is 3.69. The third kappa shape index (κ3) is 11.0. The number of rotatable bonds is 15. The van der Waals surface area contributed by atoms with E-state index in [1.807, 2.05) is 4.90 Å². The molecule has 0 saturated heterocycles. The highest BCUT2D eigenvalue weighted by Crippen LogP contribution is 2.21. The zero-order valence-electron chi connectivity index (χ0n) is 23.8. The van der Waals surface area contributed by atoms with E-state index in [9.17, 15) is 54.2 Å². The van der Waals surface area contributed by atoms with Gasteiger partial charge in [-0.1, -0.05) is 0 Å².